The second-order valence-corrected chi connectivity index (χ2v) is 6.19. The molecule has 0 atom stereocenters. The van der Waals surface area contributed by atoms with Crippen LogP contribution in [0.3, 0.4) is 0 Å². The first kappa shape index (κ1) is 16.4. The van der Waals surface area contributed by atoms with Gasteiger partial charge in [-0.25, -0.2) is 0 Å². The summed E-state index contributed by atoms with van der Waals surface area (Å²) in [7, 11) is 1.47. The van der Waals surface area contributed by atoms with Crippen molar-refractivity contribution < 1.29 is 4.74 Å². The molecule has 7 heteroatoms. The lowest BCUT2D eigenvalue weighted by atomic mass is 10.1. The molecule has 2 aromatic carbocycles. The van der Waals surface area contributed by atoms with Gasteiger partial charge in [-0.1, -0.05) is 69.6 Å². The third kappa shape index (κ3) is 2.94. The lowest BCUT2D eigenvalue weighted by molar-refractivity contribution is 0.415. The van der Waals surface area contributed by atoms with Crippen LogP contribution in [-0.4, -0.2) is 7.11 Å². The summed E-state index contributed by atoms with van der Waals surface area (Å²) in [5.41, 5.74) is 1.02. The zero-order valence-electron chi connectivity index (χ0n) is 9.91. The van der Waals surface area contributed by atoms with Gasteiger partial charge >= 0.3 is 0 Å². The maximum absolute atomic E-state index is 6.25. The van der Waals surface area contributed by atoms with Crippen LogP contribution in [0.25, 0.3) is 11.1 Å². The molecule has 0 saturated carbocycles. The molecule has 0 spiro atoms. The maximum Gasteiger partial charge on any atom is 0.140 e. The summed E-state index contributed by atoms with van der Waals surface area (Å²) in [4.78, 5) is 0. The van der Waals surface area contributed by atoms with E-state index >= 15 is 0 Å². The van der Waals surface area contributed by atoms with Gasteiger partial charge in [0.1, 0.15) is 10.8 Å². The molecule has 0 N–H and O–H groups in total. The lowest BCUT2D eigenvalue weighted by Crippen LogP contribution is -1.90. The lowest BCUT2D eigenvalue weighted by Gasteiger charge is -2.14. The molecule has 2 aromatic rings. The van der Waals surface area contributed by atoms with Crippen LogP contribution in [0.1, 0.15) is 0 Å². The van der Waals surface area contributed by atoms with Crippen molar-refractivity contribution in [2.45, 2.75) is 0 Å². The van der Waals surface area contributed by atoms with Gasteiger partial charge in [0.15, 0.2) is 0 Å². The quantitative estimate of drug-likeness (QED) is 0.489. The Morgan fingerprint density at radius 2 is 1.30 bits per heavy atom. The molecule has 0 saturated heterocycles. The predicted molar refractivity (Wildman–Crippen MR) is 88.5 cm³/mol. The molecule has 1 nitrogen and oxygen atoms in total. The topological polar surface area (TPSA) is 9.23 Å². The monoisotopic (exact) mass is 388 g/mol. The van der Waals surface area contributed by atoms with Crippen molar-refractivity contribution in [2.75, 3.05) is 7.11 Å². The van der Waals surface area contributed by atoms with Crippen molar-refractivity contribution in [2.24, 2.45) is 0 Å². The van der Waals surface area contributed by atoms with Crippen molar-refractivity contribution in [1.29, 1.82) is 0 Å². The molecule has 0 heterocycles. The van der Waals surface area contributed by atoms with E-state index in [1.165, 1.54) is 13.2 Å². The highest BCUT2D eigenvalue weighted by Gasteiger charge is 2.19. The number of halogens is 6. The van der Waals surface area contributed by atoms with E-state index in [2.05, 4.69) is 0 Å². The fourth-order valence-corrected chi connectivity index (χ4v) is 3.19. The maximum atomic E-state index is 6.25. The number of benzene rings is 2. The Balaban J connectivity index is 2.77. The van der Waals surface area contributed by atoms with Crippen molar-refractivity contribution in [3.8, 4) is 16.9 Å². The molecule has 0 unspecified atom stereocenters. The molecule has 0 radical (unpaired) electrons. The van der Waals surface area contributed by atoms with Gasteiger partial charge in [0.25, 0.3) is 0 Å². The van der Waals surface area contributed by atoms with Crippen LogP contribution in [-0.2, 0) is 0 Å². The zero-order chi connectivity index (χ0) is 15.0. The van der Waals surface area contributed by atoms with Gasteiger partial charge in [-0.3, -0.25) is 0 Å². The molecular formula is C13H6Cl6O. The van der Waals surface area contributed by atoms with E-state index < -0.39 is 0 Å². The standard InChI is InChI=1S/C13H6Cl6O/c1-20-10-4-9(17)11(13(19)12(10)18)5-2-7(15)8(16)3-6(5)14/h2-4H,1H3. The SMILES string of the molecule is COc1cc(Cl)c(-c2cc(Cl)c(Cl)cc2Cl)c(Cl)c1Cl. The molecule has 0 aliphatic carbocycles. The Morgan fingerprint density at radius 1 is 0.700 bits per heavy atom. The fourth-order valence-electron chi connectivity index (χ4n) is 1.68. The Bertz CT molecular complexity index is 683. The fraction of sp³-hybridized carbons (Fsp3) is 0.0769. The zero-order valence-corrected chi connectivity index (χ0v) is 14.4. The van der Waals surface area contributed by atoms with E-state index in [9.17, 15) is 0 Å². The third-order valence-corrected chi connectivity index (χ3v) is 4.81. The van der Waals surface area contributed by atoms with Gasteiger partial charge in [0.05, 0.1) is 32.2 Å². The molecule has 2 rings (SSSR count). The summed E-state index contributed by atoms with van der Waals surface area (Å²) in [5.74, 6) is 0.376. The first-order chi connectivity index (χ1) is 9.36. The average molecular weight is 391 g/mol. The third-order valence-electron chi connectivity index (χ3n) is 2.62. The van der Waals surface area contributed by atoms with Crippen LogP contribution in [0.2, 0.25) is 30.1 Å². The number of hydrogen-bond donors (Lipinski definition) is 0. The Labute approximate surface area is 146 Å². The van der Waals surface area contributed by atoms with E-state index in [0.29, 0.717) is 37.0 Å². The van der Waals surface area contributed by atoms with Crippen LogP contribution in [0, 0.1) is 0 Å². The molecular weight excluding hydrogens is 385 g/mol. The average Bonchev–Trinajstić information content (AvgIpc) is 2.39. The van der Waals surface area contributed by atoms with E-state index in [-0.39, 0.29) is 10.0 Å². The molecule has 0 aliphatic rings. The van der Waals surface area contributed by atoms with Crippen LogP contribution in [0.4, 0.5) is 0 Å². The van der Waals surface area contributed by atoms with Crippen molar-refractivity contribution in [3.05, 3.63) is 48.3 Å². The van der Waals surface area contributed by atoms with Crippen molar-refractivity contribution in [1.82, 2.24) is 0 Å². The first-order valence-corrected chi connectivity index (χ1v) is 7.50. The summed E-state index contributed by atoms with van der Waals surface area (Å²) in [6, 6.07) is 4.66. The molecule has 106 valence electrons. The summed E-state index contributed by atoms with van der Waals surface area (Å²) in [6.45, 7) is 0. The first-order valence-electron chi connectivity index (χ1n) is 5.23. The normalized spacial score (nSPS) is 10.8. The molecule has 0 bridgehead atoms. The molecule has 0 fully saturated rings. The Morgan fingerprint density at radius 3 is 1.90 bits per heavy atom. The summed E-state index contributed by atoms with van der Waals surface area (Å²) >= 11 is 36.7. The van der Waals surface area contributed by atoms with Gasteiger partial charge in [0, 0.05) is 17.2 Å². The summed E-state index contributed by atoms with van der Waals surface area (Å²) < 4.78 is 5.09. The Hall–Kier alpha value is -0.0200. The minimum atomic E-state index is 0.233. The van der Waals surface area contributed by atoms with Crippen LogP contribution >= 0.6 is 69.6 Å². The highest BCUT2D eigenvalue weighted by Crippen LogP contribution is 2.47. The van der Waals surface area contributed by atoms with E-state index in [1.54, 1.807) is 12.1 Å². The van der Waals surface area contributed by atoms with Crippen molar-refractivity contribution in [3.63, 3.8) is 0 Å². The number of ether oxygens (including phenoxy) is 1. The van der Waals surface area contributed by atoms with Crippen molar-refractivity contribution >= 4 is 69.6 Å². The molecule has 0 aromatic heterocycles. The number of hydrogen-bond acceptors (Lipinski definition) is 1. The largest absolute Gasteiger partial charge is 0.495 e. The summed E-state index contributed by atoms with van der Waals surface area (Å²) in [6.07, 6.45) is 0. The van der Waals surface area contributed by atoms with Crippen LogP contribution in [0.5, 0.6) is 5.75 Å². The molecule has 0 amide bonds. The second kappa shape index (κ2) is 6.39. The minimum absolute atomic E-state index is 0.233. The highest BCUT2D eigenvalue weighted by atomic mass is 35.5. The molecule has 0 aliphatic heterocycles. The number of rotatable bonds is 2. The minimum Gasteiger partial charge on any atom is -0.495 e. The van der Waals surface area contributed by atoms with E-state index in [0.717, 1.165) is 0 Å². The van der Waals surface area contributed by atoms with Gasteiger partial charge in [0.2, 0.25) is 0 Å². The van der Waals surface area contributed by atoms with Crippen LogP contribution < -0.4 is 4.74 Å². The van der Waals surface area contributed by atoms with Gasteiger partial charge < -0.3 is 4.74 Å². The predicted octanol–water partition coefficient (Wildman–Crippen LogP) is 7.28. The van der Waals surface area contributed by atoms with Gasteiger partial charge in [-0.15, -0.1) is 0 Å². The highest BCUT2D eigenvalue weighted by molar-refractivity contribution is 6.48. The smallest absolute Gasteiger partial charge is 0.140 e. The number of methoxy groups -OCH3 is 1. The second-order valence-electron chi connectivity index (χ2n) is 3.81. The van der Waals surface area contributed by atoms with E-state index in [1.807, 2.05) is 0 Å². The van der Waals surface area contributed by atoms with E-state index in [4.69, 9.17) is 74.3 Å². The van der Waals surface area contributed by atoms with Gasteiger partial charge in [-0.2, -0.15) is 0 Å². The molecule has 20 heavy (non-hydrogen) atoms. The summed E-state index contributed by atoms with van der Waals surface area (Å²) in [5, 5.41) is 1.87. The Kier molecular flexibility index (Phi) is 5.23. The van der Waals surface area contributed by atoms with Gasteiger partial charge in [-0.05, 0) is 12.1 Å². The van der Waals surface area contributed by atoms with Crippen LogP contribution in [0.15, 0.2) is 18.2 Å².